The standard InChI is InChI=1S/C21H32O5/c1-20-8-7-16-15(17(20)10-14(22)11-20)6-5-13(9-18(23)25-3)21(16,2)12-19(24)26-4/h13,15-17H,5-12H2,1-4H3. The van der Waals surface area contributed by atoms with Crippen LogP contribution < -0.4 is 0 Å². The Labute approximate surface area is 156 Å². The van der Waals surface area contributed by atoms with Crippen molar-refractivity contribution in [1.29, 1.82) is 0 Å². The molecule has 0 aromatic heterocycles. The zero-order chi connectivity index (χ0) is 19.1. The molecule has 0 amide bonds. The van der Waals surface area contributed by atoms with Crippen LogP contribution in [0.4, 0.5) is 0 Å². The normalized spacial score (nSPS) is 41.9. The second-order valence-corrected chi connectivity index (χ2v) is 9.30. The molecule has 3 aliphatic rings. The Morgan fingerprint density at radius 2 is 1.73 bits per heavy atom. The van der Waals surface area contributed by atoms with E-state index in [2.05, 4.69) is 13.8 Å². The minimum Gasteiger partial charge on any atom is -0.469 e. The molecule has 3 rings (SSSR count). The van der Waals surface area contributed by atoms with Gasteiger partial charge in [0.05, 0.1) is 20.6 Å². The predicted molar refractivity (Wildman–Crippen MR) is 96.1 cm³/mol. The molecule has 3 fully saturated rings. The van der Waals surface area contributed by atoms with Crippen LogP contribution >= 0.6 is 0 Å². The summed E-state index contributed by atoms with van der Waals surface area (Å²) in [7, 11) is 2.84. The average Bonchev–Trinajstić information content (AvgIpc) is 2.91. The van der Waals surface area contributed by atoms with Crippen LogP contribution in [-0.2, 0) is 23.9 Å². The van der Waals surface area contributed by atoms with Crippen LogP contribution in [0, 0.1) is 34.5 Å². The van der Waals surface area contributed by atoms with E-state index in [1.807, 2.05) is 0 Å². The van der Waals surface area contributed by atoms with E-state index in [1.54, 1.807) is 0 Å². The summed E-state index contributed by atoms with van der Waals surface area (Å²) in [6.07, 6.45) is 6.09. The lowest BCUT2D eigenvalue weighted by Gasteiger charge is -2.57. The lowest BCUT2D eigenvalue weighted by Crippen LogP contribution is -2.52. The van der Waals surface area contributed by atoms with Crippen LogP contribution in [0.15, 0.2) is 0 Å². The highest BCUT2D eigenvalue weighted by Crippen LogP contribution is 2.64. The minimum absolute atomic E-state index is 0.122. The summed E-state index contributed by atoms with van der Waals surface area (Å²) in [5.41, 5.74) is -0.156. The van der Waals surface area contributed by atoms with Crippen LogP contribution in [-0.4, -0.2) is 31.9 Å². The highest BCUT2D eigenvalue weighted by Gasteiger charge is 2.59. The van der Waals surface area contributed by atoms with E-state index in [-0.39, 0.29) is 28.7 Å². The van der Waals surface area contributed by atoms with Gasteiger partial charge in [-0.1, -0.05) is 13.8 Å². The van der Waals surface area contributed by atoms with Gasteiger partial charge in [0.15, 0.2) is 0 Å². The highest BCUT2D eigenvalue weighted by atomic mass is 16.5. The maximum atomic E-state index is 12.2. The number of rotatable bonds is 4. The van der Waals surface area contributed by atoms with E-state index in [4.69, 9.17) is 9.47 Å². The van der Waals surface area contributed by atoms with E-state index in [1.165, 1.54) is 14.2 Å². The van der Waals surface area contributed by atoms with Gasteiger partial charge in [0, 0.05) is 19.3 Å². The summed E-state index contributed by atoms with van der Waals surface area (Å²) < 4.78 is 9.91. The minimum atomic E-state index is -0.281. The molecule has 5 heteroatoms. The molecule has 0 saturated heterocycles. The number of carbonyl (C=O) groups excluding carboxylic acids is 3. The molecular weight excluding hydrogens is 332 g/mol. The number of hydrogen-bond donors (Lipinski definition) is 0. The number of esters is 2. The second-order valence-electron chi connectivity index (χ2n) is 9.30. The summed E-state index contributed by atoms with van der Waals surface area (Å²) in [6.45, 7) is 4.44. The SMILES string of the molecule is COC(=O)CC1CCC2C3CC(=O)CC3(C)CCC2C1(C)CC(=O)OC. The summed E-state index contributed by atoms with van der Waals surface area (Å²) >= 11 is 0. The first kappa shape index (κ1) is 19.4. The maximum absolute atomic E-state index is 12.2. The second kappa shape index (κ2) is 6.97. The molecule has 6 atom stereocenters. The molecule has 0 heterocycles. The Bertz CT molecular complexity index is 599. The van der Waals surface area contributed by atoms with Gasteiger partial charge in [-0.25, -0.2) is 0 Å². The molecule has 0 aromatic rings. The van der Waals surface area contributed by atoms with Crippen molar-refractivity contribution in [3.8, 4) is 0 Å². The van der Waals surface area contributed by atoms with Crippen molar-refractivity contribution in [3.63, 3.8) is 0 Å². The number of carbonyl (C=O) groups is 3. The first-order valence-corrected chi connectivity index (χ1v) is 9.89. The largest absolute Gasteiger partial charge is 0.469 e. The fourth-order valence-corrected chi connectivity index (χ4v) is 6.59. The topological polar surface area (TPSA) is 69.7 Å². The zero-order valence-electron chi connectivity index (χ0n) is 16.5. The molecule has 0 spiro atoms. The molecule has 6 unspecified atom stereocenters. The fourth-order valence-electron chi connectivity index (χ4n) is 6.59. The number of fused-ring (bicyclic) bond motifs is 3. The first-order valence-electron chi connectivity index (χ1n) is 9.89. The highest BCUT2D eigenvalue weighted by molar-refractivity contribution is 5.82. The fraction of sp³-hybridized carbons (Fsp3) is 0.857. The Morgan fingerprint density at radius 1 is 1.04 bits per heavy atom. The van der Waals surface area contributed by atoms with Gasteiger partial charge in [0.2, 0.25) is 0 Å². The van der Waals surface area contributed by atoms with Crippen LogP contribution in [0.3, 0.4) is 0 Å². The molecule has 0 aliphatic heterocycles. The monoisotopic (exact) mass is 364 g/mol. The smallest absolute Gasteiger partial charge is 0.306 e. The molecule has 26 heavy (non-hydrogen) atoms. The Balaban J connectivity index is 1.90. The van der Waals surface area contributed by atoms with Crippen molar-refractivity contribution < 1.29 is 23.9 Å². The van der Waals surface area contributed by atoms with Crippen molar-refractivity contribution in [2.75, 3.05) is 14.2 Å². The lowest BCUT2D eigenvalue weighted by molar-refractivity contribution is -0.157. The van der Waals surface area contributed by atoms with Crippen LogP contribution in [0.1, 0.15) is 65.2 Å². The molecule has 0 radical (unpaired) electrons. The van der Waals surface area contributed by atoms with Gasteiger partial charge in [0.25, 0.3) is 0 Å². The summed E-state index contributed by atoms with van der Waals surface area (Å²) in [5.74, 6) is 1.34. The van der Waals surface area contributed by atoms with E-state index in [0.29, 0.717) is 49.2 Å². The van der Waals surface area contributed by atoms with Crippen LogP contribution in [0.2, 0.25) is 0 Å². The van der Waals surface area contributed by atoms with Crippen molar-refractivity contribution in [2.45, 2.75) is 65.2 Å². The van der Waals surface area contributed by atoms with Gasteiger partial charge >= 0.3 is 11.9 Å². The maximum Gasteiger partial charge on any atom is 0.306 e. The van der Waals surface area contributed by atoms with Gasteiger partial charge < -0.3 is 9.47 Å². The third-order valence-corrected chi connectivity index (χ3v) is 8.03. The molecule has 0 aromatic carbocycles. The zero-order valence-corrected chi connectivity index (χ0v) is 16.5. The molecule has 0 N–H and O–H groups in total. The molecule has 3 saturated carbocycles. The van der Waals surface area contributed by atoms with E-state index in [9.17, 15) is 14.4 Å². The molecule has 5 nitrogen and oxygen atoms in total. The summed E-state index contributed by atoms with van der Waals surface area (Å²) in [5, 5.41) is 0. The van der Waals surface area contributed by atoms with Crippen molar-refractivity contribution >= 4 is 17.7 Å². The third kappa shape index (κ3) is 3.18. The summed E-state index contributed by atoms with van der Waals surface area (Å²) in [4.78, 5) is 36.4. The van der Waals surface area contributed by atoms with Crippen molar-refractivity contribution in [1.82, 2.24) is 0 Å². The van der Waals surface area contributed by atoms with Gasteiger partial charge in [0.1, 0.15) is 5.78 Å². The van der Waals surface area contributed by atoms with E-state index >= 15 is 0 Å². The van der Waals surface area contributed by atoms with Crippen LogP contribution in [0.25, 0.3) is 0 Å². The van der Waals surface area contributed by atoms with Gasteiger partial charge in [-0.2, -0.15) is 0 Å². The first-order chi connectivity index (χ1) is 12.2. The number of ether oxygens (including phenoxy) is 2. The lowest BCUT2D eigenvalue weighted by atomic mass is 9.47. The van der Waals surface area contributed by atoms with Crippen molar-refractivity contribution in [2.24, 2.45) is 34.5 Å². The van der Waals surface area contributed by atoms with Gasteiger partial charge in [-0.3, -0.25) is 14.4 Å². The number of methoxy groups -OCH3 is 2. The number of hydrogen-bond acceptors (Lipinski definition) is 5. The predicted octanol–water partition coefficient (Wildman–Crippen LogP) is 3.54. The summed E-state index contributed by atoms with van der Waals surface area (Å²) in [6, 6.07) is 0. The number of ketones is 1. The average molecular weight is 364 g/mol. The van der Waals surface area contributed by atoms with Gasteiger partial charge in [-0.05, 0) is 60.2 Å². The number of Topliss-reactive ketones (excluding diaryl/α,β-unsaturated/α-hetero) is 1. The Kier molecular flexibility index (Phi) is 5.19. The quantitative estimate of drug-likeness (QED) is 0.714. The van der Waals surface area contributed by atoms with E-state index < -0.39 is 0 Å². The molecular formula is C21H32O5. The molecule has 146 valence electrons. The molecule has 3 aliphatic carbocycles. The molecule has 0 bridgehead atoms. The van der Waals surface area contributed by atoms with Crippen LogP contribution in [0.5, 0.6) is 0 Å². The van der Waals surface area contributed by atoms with Gasteiger partial charge in [-0.15, -0.1) is 0 Å². The Hall–Kier alpha value is -1.39. The third-order valence-electron chi connectivity index (χ3n) is 8.03. The van der Waals surface area contributed by atoms with Crippen molar-refractivity contribution in [3.05, 3.63) is 0 Å². The Morgan fingerprint density at radius 3 is 2.38 bits per heavy atom. The van der Waals surface area contributed by atoms with E-state index in [0.717, 1.165) is 25.7 Å².